The molecule has 3 unspecified atom stereocenters. The van der Waals surface area contributed by atoms with Crippen molar-refractivity contribution >= 4 is 0 Å². The van der Waals surface area contributed by atoms with E-state index in [9.17, 15) is 0 Å². The van der Waals surface area contributed by atoms with Crippen LogP contribution < -0.4 is 5.32 Å². The summed E-state index contributed by atoms with van der Waals surface area (Å²) in [4.78, 5) is 2.57. The number of nitrogens with one attached hydrogen (secondary N) is 1. The molecular weight excluding hydrogens is 212 g/mol. The van der Waals surface area contributed by atoms with Gasteiger partial charge in [-0.25, -0.2) is 0 Å². The van der Waals surface area contributed by atoms with Crippen LogP contribution in [0.1, 0.15) is 40.0 Å². The summed E-state index contributed by atoms with van der Waals surface area (Å²) in [6.45, 7) is 12.5. The summed E-state index contributed by atoms with van der Waals surface area (Å²) in [6, 6.07) is 0. The number of ether oxygens (including phenoxy) is 1. The minimum atomic E-state index is -0.0755. The van der Waals surface area contributed by atoms with Gasteiger partial charge < -0.3 is 9.64 Å². The Balaban J connectivity index is 1.83. The van der Waals surface area contributed by atoms with E-state index in [1.165, 1.54) is 32.5 Å². The summed E-state index contributed by atoms with van der Waals surface area (Å²) in [5.41, 5.74) is -0.0755. The summed E-state index contributed by atoms with van der Waals surface area (Å²) >= 11 is 0. The monoisotopic (exact) mass is 240 g/mol. The van der Waals surface area contributed by atoms with E-state index in [0.717, 1.165) is 25.5 Å². The van der Waals surface area contributed by atoms with Crippen molar-refractivity contribution in [1.82, 2.24) is 10.2 Å². The van der Waals surface area contributed by atoms with Crippen molar-refractivity contribution in [3.8, 4) is 0 Å². The van der Waals surface area contributed by atoms with Gasteiger partial charge in [0.05, 0.1) is 6.61 Å². The summed E-state index contributed by atoms with van der Waals surface area (Å²) in [5.74, 6) is 1.45. The maximum atomic E-state index is 6.02. The number of hydrogen-bond donors (Lipinski definition) is 1. The predicted molar refractivity (Wildman–Crippen MR) is 71.0 cm³/mol. The molecule has 2 aliphatic heterocycles. The van der Waals surface area contributed by atoms with E-state index in [4.69, 9.17) is 4.74 Å². The standard InChI is InChI=1S/C14H28N2O/c1-4-16-7-5-6-13(10-16)8-14(3)15-9-12(2)11-17-14/h12-13,15H,4-11H2,1-3H3. The number of hydrogen-bond acceptors (Lipinski definition) is 3. The maximum Gasteiger partial charge on any atom is 0.116 e. The number of rotatable bonds is 3. The Hall–Kier alpha value is -0.120. The summed E-state index contributed by atoms with van der Waals surface area (Å²) in [7, 11) is 0. The van der Waals surface area contributed by atoms with E-state index in [2.05, 4.69) is 31.0 Å². The predicted octanol–water partition coefficient (Wildman–Crippen LogP) is 2.08. The average Bonchev–Trinajstić information content (AvgIpc) is 2.33. The SMILES string of the molecule is CCN1CCCC(CC2(C)NCC(C)CO2)C1. The molecule has 0 aromatic heterocycles. The van der Waals surface area contributed by atoms with Gasteiger partial charge in [-0.05, 0) is 51.1 Å². The van der Waals surface area contributed by atoms with Gasteiger partial charge in [-0.15, -0.1) is 0 Å². The molecule has 3 heteroatoms. The van der Waals surface area contributed by atoms with Gasteiger partial charge in [-0.3, -0.25) is 5.32 Å². The Morgan fingerprint density at radius 1 is 1.47 bits per heavy atom. The van der Waals surface area contributed by atoms with Crippen LogP contribution in [0.15, 0.2) is 0 Å². The van der Waals surface area contributed by atoms with E-state index in [-0.39, 0.29) is 5.72 Å². The fraction of sp³-hybridized carbons (Fsp3) is 1.00. The maximum absolute atomic E-state index is 6.02. The van der Waals surface area contributed by atoms with Crippen LogP contribution in [0.25, 0.3) is 0 Å². The number of piperidine rings is 1. The molecule has 0 amide bonds. The van der Waals surface area contributed by atoms with Crippen LogP contribution in [0.5, 0.6) is 0 Å². The van der Waals surface area contributed by atoms with Crippen LogP contribution in [0.4, 0.5) is 0 Å². The molecule has 2 fully saturated rings. The van der Waals surface area contributed by atoms with Gasteiger partial charge >= 0.3 is 0 Å². The molecule has 2 rings (SSSR count). The Morgan fingerprint density at radius 3 is 2.94 bits per heavy atom. The zero-order valence-electron chi connectivity index (χ0n) is 11.7. The largest absolute Gasteiger partial charge is 0.361 e. The van der Waals surface area contributed by atoms with Crippen LogP contribution in [-0.2, 0) is 4.74 Å². The molecule has 0 radical (unpaired) electrons. The Morgan fingerprint density at radius 2 is 2.29 bits per heavy atom. The molecule has 100 valence electrons. The quantitative estimate of drug-likeness (QED) is 0.817. The molecular formula is C14H28N2O. The van der Waals surface area contributed by atoms with Gasteiger partial charge in [0.2, 0.25) is 0 Å². The Bertz CT molecular complexity index is 236. The molecule has 2 heterocycles. The van der Waals surface area contributed by atoms with Crippen molar-refractivity contribution in [2.75, 3.05) is 32.8 Å². The van der Waals surface area contributed by atoms with E-state index in [1.807, 2.05) is 0 Å². The minimum Gasteiger partial charge on any atom is -0.361 e. The fourth-order valence-electron chi connectivity index (χ4n) is 3.11. The first kappa shape index (κ1) is 13.3. The molecule has 0 saturated carbocycles. The van der Waals surface area contributed by atoms with Gasteiger partial charge in [0, 0.05) is 13.1 Å². The Labute approximate surface area is 106 Å². The molecule has 3 nitrogen and oxygen atoms in total. The molecule has 0 spiro atoms. The molecule has 17 heavy (non-hydrogen) atoms. The zero-order chi connectivity index (χ0) is 12.3. The molecule has 1 N–H and O–H groups in total. The Kier molecular flexibility index (Phi) is 4.45. The van der Waals surface area contributed by atoms with Gasteiger partial charge in [-0.1, -0.05) is 13.8 Å². The summed E-state index contributed by atoms with van der Waals surface area (Å²) in [5, 5.41) is 3.58. The second-order valence-electron chi connectivity index (χ2n) is 6.13. The average molecular weight is 240 g/mol. The zero-order valence-corrected chi connectivity index (χ0v) is 11.7. The van der Waals surface area contributed by atoms with Crippen LogP contribution in [0, 0.1) is 11.8 Å². The molecule has 2 aliphatic rings. The van der Waals surface area contributed by atoms with Crippen molar-refractivity contribution in [3.63, 3.8) is 0 Å². The lowest BCUT2D eigenvalue weighted by Crippen LogP contribution is -2.54. The number of likely N-dealkylation sites (tertiary alicyclic amines) is 1. The normalized spacial score (nSPS) is 40.4. The summed E-state index contributed by atoms with van der Waals surface area (Å²) in [6.07, 6.45) is 3.88. The van der Waals surface area contributed by atoms with Crippen molar-refractivity contribution < 1.29 is 4.74 Å². The van der Waals surface area contributed by atoms with Gasteiger partial charge in [-0.2, -0.15) is 0 Å². The molecule has 0 aromatic carbocycles. The third-order valence-electron chi connectivity index (χ3n) is 4.24. The second-order valence-corrected chi connectivity index (χ2v) is 6.13. The van der Waals surface area contributed by atoms with Crippen LogP contribution in [-0.4, -0.2) is 43.4 Å². The first-order valence-electron chi connectivity index (χ1n) is 7.22. The molecule has 0 aromatic rings. The van der Waals surface area contributed by atoms with E-state index in [1.54, 1.807) is 0 Å². The van der Waals surface area contributed by atoms with Crippen molar-refractivity contribution in [2.45, 2.75) is 45.8 Å². The lowest BCUT2D eigenvalue weighted by molar-refractivity contribution is -0.116. The first-order chi connectivity index (χ1) is 8.11. The van der Waals surface area contributed by atoms with Crippen molar-refractivity contribution in [1.29, 1.82) is 0 Å². The van der Waals surface area contributed by atoms with Gasteiger partial charge in [0.15, 0.2) is 0 Å². The van der Waals surface area contributed by atoms with Crippen LogP contribution in [0.2, 0.25) is 0 Å². The van der Waals surface area contributed by atoms with E-state index in [0.29, 0.717) is 5.92 Å². The van der Waals surface area contributed by atoms with Gasteiger partial charge in [0.25, 0.3) is 0 Å². The minimum absolute atomic E-state index is 0.0755. The highest BCUT2D eigenvalue weighted by molar-refractivity contribution is 4.84. The lowest BCUT2D eigenvalue weighted by atomic mass is 9.89. The van der Waals surface area contributed by atoms with Crippen molar-refractivity contribution in [3.05, 3.63) is 0 Å². The molecule has 2 saturated heterocycles. The topological polar surface area (TPSA) is 24.5 Å². The first-order valence-corrected chi connectivity index (χ1v) is 7.22. The van der Waals surface area contributed by atoms with Crippen LogP contribution in [0.3, 0.4) is 0 Å². The van der Waals surface area contributed by atoms with E-state index < -0.39 is 0 Å². The molecule has 0 aliphatic carbocycles. The third-order valence-corrected chi connectivity index (χ3v) is 4.24. The fourth-order valence-corrected chi connectivity index (χ4v) is 3.11. The van der Waals surface area contributed by atoms with E-state index >= 15 is 0 Å². The van der Waals surface area contributed by atoms with Gasteiger partial charge in [0.1, 0.15) is 5.72 Å². The highest BCUT2D eigenvalue weighted by Crippen LogP contribution is 2.28. The second kappa shape index (κ2) is 5.68. The summed E-state index contributed by atoms with van der Waals surface area (Å²) < 4.78 is 6.02. The lowest BCUT2D eigenvalue weighted by Gasteiger charge is -2.42. The highest BCUT2D eigenvalue weighted by atomic mass is 16.5. The number of nitrogens with zero attached hydrogens (tertiary/aromatic N) is 1. The van der Waals surface area contributed by atoms with Crippen molar-refractivity contribution in [2.24, 2.45) is 11.8 Å². The highest BCUT2D eigenvalue weighted by Gasteiger charge is 2.33. The molecule has 3 atom stereocenters. The smallest absolute Gasteiger partial charge is 0.116 e. The van der Waals surface area contributed by atoms with Crippen LogP contribution >= 0.6 is 0 Å². The third kappa shape index (κ3) is 3.67. The molecule has 0 bridgehead atoms.